The Hall–Kier alpha value is -1.71. The van der Waals surface area contributed by atoms with Gasteiger partial charge in [-0.3, -0.25) is 0 Å². The molecule has 3 aliphatic rings. The fourth-order valence-corrected chi connectivity index (χ4v) is 5.57. The molecule has 2 bridgehead atoms. The van der Waals surface area contributed by atoms with Crippen LogP contribution < -0.4 is 15.4 Å². The van der Waals surface area contributed by atoms with E-state index in [2.05, 4.69) is 22.8 Å². The van der Waals surface area contributed by atoms with E-state index in [9.17, 15) is 4.79 Å². The van der Waals surface area contributed by atoms with Crippen LogP contribution in [0, 0.1) is 23.7 Å². The van der Waals surface area contributed by atoms with Gasteiger partial charge in [-0.1, -0.05) is 18.6 Å². The molecule has 3 saturated carbocycles. The highest BCUT2D eigenvalue weighted by Gasteiger charge is 2.53. The molecule has 3 fully saturated rings. The number of hydrogen-bond acceptors (Lipinski definition) is 2. The van der Waals surface area contributed by atoms with E-state index in [1.54, 1.807) is 7.11 Å². The van der Waals surface area contributed by atoms with Crippen molar-refractivity contribution in [1.82, 2.24) is 10.6 Å². The molecule has 2 N–H and O–H groups in total. The smallest absolute Gasteiger partial charge is 0.315 e. The number of urea groups is 1. The molecule has 4 rings (SSSR count). The lowest BCUT2D eigenvalue weighted by Crippen LogP contribution is -2.47. The molecule has 1 aromatic rings. The minimum Gasteiger partial charge on any atom is -0.497 e. The molecule has 5 atom stereocenters. The van der Waals surface area contributed by atoms with Crippen LogP contribution in [0.3, 0.4) is 0 Å². The van der Waals surface area contributed by atoms with Crippen LogP contribution in [0.5, 0.6) is 5.75 Å². The molecule has 130 valence electrons. The fraction of sp³-hybridized carbons (Fsp3) is 0.650. The first-order valence-corrected chi connectivity index (χ1v) is 9.42. The number of methoxy groups -OCH3 is 1. The molecule has 0 radical (unpaired) electrons. The van der Waals surface area contributed by atoms with Gasteiger partial charge in [0.25, 0.3) is 0 Å². The molecular formula is C20H28N2O2. The van der Waals surface area contributed by atoms with Crippen molar-refractivity contribution in [2.75, 3.05) is 13.7 Å². The molecule has 24 heavy (non-hydrogen) atoms. The van der Waals surface area contributed by atoms with Crippen LogP contribution in [0.4, 0.5) is 4.79 Å². The van der Waals surface area contributed by atoms with Crippen LogP contribution in [0.1, 0.15) is 37.7 Å². The summed E-state index contributed by atoms with van der Waals surface area (Å²) >= 11 is 0. The second-order valence-corrected chi connectivity index (χ2v) is 7.76. The topological polar surface area (TPSA) is 50.4 Å². The van der Waals surface area contributed by atoms with Gasteiger partial charge in [0.2, 0.25) is 0 Å². The summed E-state index contributed by atoms with van der Waals surface area (Å²) in [5, 5.41) is 6.28. The van der Waals surface area contributed by atoms with Crippen molar-refractivity contribution >= 4 is 6.03 Å². The number of fused-ring (bicyclic) bond motifs is 5. The van der Waals surface area contributed by atoms with Gasteiger partial charge in [0.15, 0.2) is 0 Å². The second-order valence-electron chi connectivity index (χ2n) is 7.76. The van der Waals surface area contributed by atoms with Gasteiger partial charge in [0.05, 0.1) is 7.11 Å². The Bertz CT molecular complexity index is 586. The third-order valence-corrected chi connectivity index (χ3v) is 6.60. The average molecular weight is 328 g/mol. The summed E-state index contributed by atoms with van der Waals surface area (Å²) in [6.07, 6.45) is 7.64. The quantitative estimate of drug-likeness (QED) is 0.871. The molecule has 3 aliphatic carbocycles. The molecule has 2 amide bonds. The Balaban J connectivity index is 1.21. The van der Waals surface area contributed by atoms with Crippen molar-refractivity contribution in [3.05, 3.63) is 29.8 Å². The van der Waals surface area contributed by atoms with Crippen molar-refractivity contribution in [2.24, 2.45) is 23.7 Å². The summed E-state index contributed by atoms with van der Waals surface area (Å²) in [6.45, 7) is 0.672. The van der Waals surface area contributed by atoms with Crippen molar-refractivity contribution in [1.29, 1.82) is 0 Å². The lowest BCUT2D eigenvalue weighted by Gasteiger charge is -2.32. The molecule has 0 spiro atoms. The standard InChI is InChI=1S/C20H28N2O2/c1-24-15-7-5-13(6-8-15)9-10-21-20(23)22-19-12-14-11-18(19)17-4-2-3-16(14)17/h5-8,14,16-19H,2-4,9-12H2,1H3,(H2,21,22,23)/t14-,16-,17+,18-,19+/m1/s1. The second kappa shape index (κ2) is 6.66. The van der Waals surface area contributed by atoms with E-state index in [4.69, 9.17) is 4.74 Å². The van der Waals surface area contributed by atoms with E-state index in [0.29, 0.717) is 12.6 Å². The van der Waals surface area contributed by atoms with Crippen molar-refractivity contribution in [3.8, 4) is 5.75 Å². The minimum absolute atomic E-state index is 0.00982. The van der Waals surface area contributed by atoms with Crippen LogP contribution in [0.2, 0.25) is 0 Å². The first-order valence-electron chi connectivity index (χ1n) is 9.42. The first kappa shape index (κ1) is 15.8. The van der Waals surface area contributed by atoms with Gasteiger partial charge >= 0.3 is 6.03 Å². The van der Waals surface area contributed by atoms with Crippen molar-refractivity contribution in [2.45, 2.75) is 44.6 Å². The van der Waals surface area contributed by atoms with Crippen molar-refractivity contribution in [3.63, 3.8) is 0 Å². The number of ether oxygens (including phenoxy) is 1. The average Bonchev–Trinajstić information content (AvgIpc) is 3.28. The van der Waals surface area contributed by atoms with E-state index in [-0.39, 0.29) is 6.03 Å². The van der Waals surface area contributed by atoms with E-state index in [1.807, 2.05) is 12.1 Å². The SMILES string of the molecule is COc1ccc(CCNC(=O)N[C@H]2C[C@H]3C[C@@H]2[C@H]2CCC[C@H]32)cc1. The van der Waals surface area contributed by atoms with E-state index < -0.39 is 0 Å². The van der Waals surface area contributed by atoms with E-state index in [1.165, 1.54) is 37.7 Å². The molecule has 4 nitrogen and oxygen atoms in total. The molecule has 0 aromatic heterocycles. The van der Waals surface area contributed by atoms with Crippen LogP contribution in [0.25, 0.3) is 0 Å². The molecule has 0 unspecified atom stereocenters. The van der Waals surface area contributed by atoms with Crippen LogP contribution in [-0.4, -0.2) is 25.7 Å². The lowest BCUT2D eigenvalue weighted by atomic mass is 9.79. The van der Waals surface area contributed by atoms with E-state index >= 15 is 0 Å². The summed E-state index contributed by atoms with van der Waals surface area (Å²) in [4.78, 5) is 12.2. The van der Waals surface area contributed by atoms with Crippen molar-refractivity contribution < 1.29 is 9.53 Å². The van der Waals surface area contributed by atoms with Gasteiger partial charge in [-0.25, -0.2) is 4.79 Å². The number of benzene rings is 1. The Kier molecular flexibility index (Phi) is 4.38. The zero-order valence-electron chi connectivity index (χ0n) is 14.5. The highest BCUT2D eigenvalue weighted by molar-refractivity contribution is 5.74. The van der Waals surface area contributed by atoms with Gasteiger partial charge in [0, 0.05) is 12.6 Å². The summed E-state index contributed by atoms with van der Waals surface area (Å²) in [6, 6.07) is 8.44. The number of carbonyl (C=O) groups excluding carboxylic acids is 1. The number of amides is 2. The largest absolute Gasteiger partial charge is 0.497 e. The molecular weight excluding hydrogens is 300 g/mol. The minimum atomic E-state index is 0.00982. The summed E-state index contributed by atoms with van der Waals surface area (Å²) in [7, 11) is 1.67. The Labute approximate surface area is 144 Å². The van der Waals surface area contributed by atoms with Gasteiger partial charge < -0.3 is 15.4 Å². The Morgan fingerprint density at radius 1 is 1.12 bits per heavy atom. The van der Waals surface area contributed by atoms with Gasteiger partial charge in [0.1, 0.15) is 5.75 Å². The molecule has 0 heterocycles. The number of nitrogens with one attached hydrogen (secondary N) is 2. The van der Waals surface area contributed by atoms with Crippen LogP contribution >= 0.6 is 0 Å². The maximum absolute atomic E-state index is 12.2. The number of carbonyl (C=O) groups is 1. The van der Waals surface area contributed by atoms with Gasteiger partial charge in [-0.15, -0.1) is 0 Å². The first-order chi connectivity index (χ1) is 11.7. The van der Waals surface area contributed by atoms with Crippen LogP contribution in [0.15, 0.2) is 24.3 Å². The lowest BCUT2D eigenvalue weighted by molar-refractivity contribution is 0.198. The van der Waals surface area contributed by atoms with Gasteiger partial charge in [-0.05, 0) is 73.5 Å². The maximum atomic E-state index is 12.2. The normalized spacial score (nSPS) is 33.3. The zero-order chi connectivity index (χ0) is 16.5. The third kappa shape index (κ3) is 2.99. The maximum Gasteiger partial charge on any atom is 0.315 e. The highest BCUT2D eigenvalue weighted by Crippen LogP contribution is 2.58. The zero-order valence-corrected chi connectivity index (χ0v) is 14.5. The Morgan fingerprint density at radius 2 is 1.92 bits per heavy atom. The predicted molar refractivity (Wildman–Crippen MR) is 94.1 cm³/mol. The highest BCUT2D eigenvalue weighted by atomic mass is 16.5. The summed E-state index contributed by atoms with van der Waals surface area (Å²) in [5.74, 6) is 4.37. The molecule has 0 saturated heterocycles. The summed E-state index contributed by atoms with van der Waals surface area (Å²) in [5.41, 5.74) is 1.21. The molecule has 0 aliphatic heterocycles. The molecule has 1 aromatic carbocycles. The third-order valence-electron chi connectivity index (χ3n) is 6.60. The fourth-order valence-electron chi connectivity index (χ4n) is 5.57. The van der Waals surface area contributed by atoms with Crippen LogP contribution in [-0.2, 0) is 6.42 Å². The summed E-state index contributed by atoms with van der Waals surface area (Å²) < 4.78 is 5.16. The monoisotopic (exact) mass is 328 g/mol. The number of rotatable bonds is 5. The van der Waals surface area contributed by atoms with E-state index in [0.717, 1.165) is 35.8 Å². The van der Waals surface area contributed by atoms with Gasteiger partial charge in [-0.2, -0.15) is 0 Å². The Morgan fingerprint density at radius 3 is 2.71 bits per heavy atom. The number of hydrogen-bond donors (Lipinski definition) is 2. The molecule has 4 heteroatoms. The predicted octanol–water partition coefficient (Wildman–Crippen LogP) is 3.36.